The highest BCUT2D eigenvalue weighted by Crippen LogP contribution is 2.22. The van der Waals surface area contributed by atoms with E-state index in [1.807, 2.05) is 0 Å². The molecule has 0 aliphatic heterocycles. The standard InChI is InChI=1S/C13H11FN2O2/c1-16(11-4-2-10(14)3-5-11)12-8-9(13(17)18)6-7-15-12/h2-8H,1H3,(H,17,18). The van der Waals surface area contributed by atoms with Crippen LogP contribution in [-0.4, -0.2) is 23.1 Å². The summed E-state index contributed by atoms with van der Waals surface area (Å²) in [6.07, 6.45) is 1.43. The zero-order valence-corrected chi connectivity index (χ0v) is 9.67. The molecule has 18 heavy (non-hydrogen) atoms. The summed E-state index contributed by atoms with van der Waals surface area (Å²) in [4.78, 5) is 16.6. The van der Waals surface area contributed by atoms with Crippen molar-refractivity contribution < 1.29 is 14.3 Å². The van der Waals surface area contributed by atoms with Crippen LogP contribution in [0.2, 0.25) is 0 Å². The summed E-state index contributed by atoms with van der Waals surface area (Å²) >= 11 is 0. The van der Waals surface area contributed by atoms with E-state index in [1.165, 1.54) is 30.5 Å². The SMILES string of the molecule is CN(c1ccc(F)cc1)c1cc(C(=O)O)ccn1. The maximum Gasteiger partial charge on any atom is 0.335 e. The molecule has 0 saturated heterocycles. The molecule has 92 valence electrons. The van der Waals surface area contributed by atoms with Gasteiger partial charge in [-0.05, 0) is 36.4 Å². The second-order valence-electron chi connectivity index (χ2n) is 3.74. The van der Waals surface area contributed by atoms with Crippen LogP contribution in [0.25, 0.3) is 0 Å². The topological polar surface area (TPSA) is 53.4 Å². The van der Waals surface area contributed by atoms with Gasteiger partial charge in [-0.2, -0.15) is 0 Å². The van der Waals surface area contributed by atoms with Crippen LogP contribution in [0, 0.1) is 5.82 Å². The van der Waals surface area contributed by atoms with E-state index in [1.54, 1.807) is 24.1 Å². The first-order valence-corrected chi connectivity index (χ1v) is 5.26. The van der Waals surface area contributed by atoms with E-state index in [0.717, 1.165) is 5.69 Å². The molecule has 1 heterocycles. The monoisotopic (exact) mass is 246 g/mol. The largest absolute Gasteiger partial charge is 0.478 e. The number of benzene rings is 1. The van der Waals surface area contributed by atoms with Crippen molar-refractivity contribution in [1.29, 1.82) is 0 Å². The highest BCUT2D eigenvalue weighted by Gasteiger charge is 2.09. The minimum Gasteiger partial charge on any atom is -0.478 e. The summed E-state index contributed by atoms with van der Waals surface area (Å²) < 4.78 is 12.8. The maximum absolute atomic E-state index is 12.8. The third-order valence-electron chi connectivity index (χ3n) is 2.55. The van der Waals surface area contributed by atoms with Crippen LogP contribution < -0.4 is 4.90 Å². The summed E-state index contributed by atoms with van der Waals surface area (Å²) in [6.45, 7) is 0. The highest BCUT2D eigenvalue weighted by atomic mass is 19.1. The van der Waals surface area contributed by atoms with E-state index in [-0.39, 0.29) is 11.4 Å². The van der Waals surface area contributed by atoms with Crippen LogP contribution in [-0.2, 0) is 0 Å². The van der Waals surface area contributed by atoms with Crippen LogP contribution in [0.15, 0.2) is 42.6 Å². The second kappa shape index (κ2) is 4.83. The highest BCUT2D eigenvalue weighted by molar-refractivity contribution is 5.88. The maximum atomic E-state index is 12.8. The average Bonchev–Trinajstić information content (AvgIpc) is 2.39. The summed E-state index contributed by atoms with van der Waals surface area (Å²) in [5.41, 5.74) is 0.889. The fraction of sp³-hybridized carbons (Fsp3) is 0.0769. The number of nitrogens with zero attached hydrogens (tertiary/aromatic N) is 2. The molecule has 1 aromatic carbocycles. The van der Waals surface area contributed by atoms with Crippen molar-refractivity contribution in [3.05, 3.63) is 54.0 Å². The molecule has 2 aromatic rings. The lowest BCUT2D eigenvalue weighted by atomic mass is 10.2. The van der Waals surface area contributed by atoms with Gasteiger partial charge in [0.25, 0.3) is 0 Å². The Labute approximate surface area is 103 Å². The van der Waals surface area contributed by atoms with Gasteiger partial charge in [-0.1, -0.05) is 0 Å². The first-order valence-electron chi connectivity index (χ1n) is 5.26. The van der Waals surface area contributed by atoms with Gasteiger partial charge in [0.15, 0.2) is 0 Å². The van der Waals surface area contributed by atoms with Gasteiger partial charge in [-0.15, -0.1) is 0 Å². The van der Waals surface area contributed by atoms with Crippen molar-refractivity contribution in [2.24, 2.45) is 0 Å². The molecule has 0 radical (unpaired) electrons. The Kier molecular flexibility index (Phi) is 3.23. The Morgan fingerprint density at radius 3 is 2.56 bits per heavy atom. The first kappa shape index (κ1) is 12.0. The van der Waals surface area contributed by atoms with Crippen molar-refractivity contribution in [3.8, 4) is 0 Å². The summed E-state index contributed by atoms with van der Waals surface area (Å²) in [5.74, 6) is -0.841. The van der Waals surface area contributed by atoms with E-state index in [2.05, 4.69) is 4.98 Å². The van der Waals surface area contributed by atoms with Gasteiger partial charge in [0.05, 0.1) is 5.56 Å². The van der Waals surface area contributed by atoms with Crippen molar-refractivity contribution >= 4 is 17.5 Å². The first-order chi connectivity index (χ1) is 8.58. The number of hydrogen-bond donors (Lipinski definition) is 1. The molecule has 0 saturated carbocycles. The predicted molar refractivity (Wildman–Crippen MR) is 65.7 cm³/mol. The third kappa shape index (κ3) is 2.45. The summed E-state index contributed by atoms with van der Waals surface area (Å²) in [7, 11) is 1.74. The number of carboxylic acids is 1. The number of rotatable bonds is 3. The molecule has 0 atom stereocenters. The molecule has 1 N–H and O–H groups in total. The number of pyridine rings is 1. The molecular weight excluding hydrogens is 235 g/mol. The van der Waals surface area contributed by atoms with Crippen molar-refractivity contribution in [1.82, 2.24) is 4.98 Å². The van der Waals surface area contributed by atoms with Crippen molar-refractivity contribution in [2.45, 2.75) is 0 Å². The quantitative estimate of drug-likeness (QED) is 0.904. The van der Waals surface area contributed by atoms with Gasteiger partial charge in [0.1, 0.15) is 11.6 Å². The smallest absolute Gasteiger partial charge is 0.335 e. The number of aromatic nitrogens is 1. The van der Waals surface area contributed by atoms with Gasteiger partial charge in [-0.25, -0.2) is 14.2 Å². The molecule has 0 amide bonds. The van der Waals surface area contributed by atoms with Gasteiger partial charge in [0.2, 0.25) is 0 Å². The molecule has 4 nitrogen and oxygen atoms in total. The van der Waals surface area contributed by atoms with Crippen LogP contribution >= 0.6 is 0 Å². The van der Waals surface area contributed by atoms with E-state index in [4.69, 9.17) is 5.11 Å². The van der Waals surface area contributed by atoms with E-state index in [0.29, 0.717) is 5.82 Å². The molecule has 0 aliphatic rings. The van der Waals surface area contributed by atoms with Crippen LogP contribution in [0.3, 0.4) is 0 Å². The fourth-order valence-corrected chi connectivity index (χ4v) is 1.53. The molecule has 0 spiro atoms. The number of hydrogen-bond acceptors (Lipinski definition) is 3. The number of halogens is 1. The normalized spacial score (nSPS) is 10.1. The van der Waals surface area contributed by atoms with Crippen molar-refractivity contribution in [2.75, 3.05) is 11.9 Å². The minimum atomic E-state index is -1.01. The van der Waals surface area contributed by atoms with Gasteiger partial charge < -0.3 is 10.0 Å². The Hall–Kier alpha value is -2.43. The van der Waals surface area contributed by atoms with Crippen LogP contribution in [0.4, 0.5) is 15.9 Å². The van der Waals surface area contributed by atoms with E-state index < -0.39 is 5.97 Å². The molecule has 1 aromatic heterocycles. The molecule has 5 heteroatoms. The Bertz CT molecular complexity index is 569. The zero-order chi connectivity index (χ0) is 13.1. The lowest BCUT2D eigenvalue weighted by Crippen LogP contribution is -2.12. The minimum absolute atomic E-state index is 0.161. The Morgan fingerprint density at radius 1 is 1.28 bits per heavy atom. The van der Waals surface area contributed by atoms with E-state index >= 15 is 0 Å². The molecule has 0 bridgehead atoms. The number of aromatic carboxylic acids is 1. The molecule has 0 fully saturated rings. The second-order valence-corrected chi connectivity index (χ2v) is 3.74. The van der Waals surface area contributed by atoms with Crippen molar-refractivity contribution in [3.63, 3.8) is 0 Å². The number of carboxylic acid groups (broad SMARTS) is 1. The molecular formula is C13H11FN2O2. The number of carbonyl (C=O) groups is 1. The lowest BCUT2D eigenvalue weighted by Gasteiger charge is -2.18. The molecule has 2 rings (SSSR count). The Morgan fingerprint density at radius 2 is 1.94 bits per heavy atom. The summed E-state index contributed by atoms with van der Waals surface area (Å²) in [6, 6.07) is 8.77. The predicted octanol–water partition coefficient (Wildman–Crippen LogP) is 2.69. The average molecular weight is 246 g/mol. The van der Waals surface area contributed by atoms with E-state index in [9.17, 15) is 9.18 Å². The van der Waals surface area contributed by atoms with Gasteiger partial charge in [0, 0.05) is 18.9 Å². The summed E-state index contributed by atoms with van der Waals surface area (Å²) in [5, 5.41) is 8.90. The Balaban J connectivity index is 2.33. The van der Waals surface area contributed by atoms with Crippen LogP contribution in [0.5, 0.6) is 0 Å². The third-order valence-corrected chi connectivity index (χ3v) is 2.55. The molecule has 0 aliphatic carbocycles. The lowest BCUT2D eigenvalue weighted by molar-refractivity contribution is 0.0697. The fourth-order valence-electron chi connectivity index (χ4n) is 1.53. The van der Waals surface area contributed by atoms with Gasteiger partial charge >= 0.3 is 5.97 Å². The van der Waals surface area contributed by atoms with Crippen LogP contribution in [0.1, 0.15) is 10.4 Å². The van der Waals surface area contributed by atoms with Gasteiger partial charge in [-0.3, -0.25) is 0 Å². The number of anilines is 2. The zero-order valence-electron chi connectivity index (χ0n) is 9.67. The molecule has 0 unspecified atom stereocenters.